The summed E-state index contributed by atoms with van der Waals surface area (Å²) in [6, 6.07) is 7.13. The summed E-state index contributed by atoms with van der Waals surface area (Å²) in [4.78, 5) is 68.1. The van der Waals surface area contributed by atoms with Gasteiger partial charge in [0, 0.05) is 27.3 Å². The molecule has 0 spiro atoms. The van der Waals surface area contributed by atoms with Crippen LogP contribution in [0.25, 0.3) is 0 Å². The molecule has 0 saturated carbocycles. The van der Waals surface area contributed by atoms with Crippen LogP contribution in [0.5, 0.6) is 0 Å². The highest BCUT2D eigenvalue weighted by Crippen LogP contribution is 2.21. The number of halogens is 4. The summed E-state index contributed by atoms with van der Waals surface area (Å²) in [5.74, 6) is -4.43. The second kappa shape index (κ2) is 19.3. The summed E-state index contributed by atoms with van der Waals surface area (Å²) in [7, 11) is 0. The maximum atomic E-state index is 13.0. The number of carbonyl (C=O) groups is 5. The topological polar surface area (TPSA) is 213 Å². The molecular formula is C30H24Cl2F2N6O8S3. The molecular weight excluding hydrogens is 777 g/mol. The third kappa shape index (κ3) is 12.3. The smallest absolute Gasteiger partial charge is 0.357 e. The third-order valence-electron chi connectivity index (χ3n) is 5.52. The number of hydrogen-bond donors (Lipinski definition) is 4. The average Bonchev–Trinajstić information content (AvgIpc) is 3.86. The van der Waals surface area contributed by atoms with Crippen molar-refractivity contribution in [1.82, 2.24) is 15.0 Å². The van der Waals surface area contributed by atoms with Crippen LogP contribution >= 0.6 is 57.2 Å². The lowest BCUT2D eigenvalue weighted by molar-refractivity contribution is 0.0511. The van der Waals surface area contributed by atoms with Gasteiger partial charge in [0.1, 0.15) is 11.6 Å². The molecule has 51 heavy (non-hydrogen) atoms. The Morgan fingerprint density at radius 3 is 1.51 bits per heavy atom. The molecule has 5 N–H and O–H groups in total. The van der Waals surface area contributed by atoms with Gasteiger partial charge in [-0.2, -0.15) is 0 Å². The van der Waals surface area contributed by atoms with Crippen molar-refractivity contribution in [2.45, 2.75) is 13.8 Å². The van der Waals surface area contributed by atoms with E-state index in [9.17, 15) is 32.8 Å². The Balaban J connectivity index is 0.000000216. The largest absolute Gasteiger partial charge is 0.476 e. The number of nitrogens with zero attached hydrogens (tertiary/aromatic N) is 3. The van der Waals surface area contributed by atoms with Crippen molar-refractivity contribution in [3.05, 3.63) is 102 Å². The zero-order chi connectivity index (χ0) is 37.7. The van der Waals surface area contributed by atoms with E-state index in [1.54, 1.807) is 19.2 Å². The second-order valence-corrected chi connectivity index (χ2v) is 12.5. The van der Waals surface area contributed by atoms with Gasteiger partial charge < -0.3 is 20.3 Å². The number of benzene rings is 2. The number of carboxylic acid groups (broad SMARTS) is 1. The highest BCUT2D eigenvalue weighted by atomic mass is 35.5. The normalized spacial score (nSPS) is 10.1. The number of amides is 2. The van der Waals surface area contributed by atoms with Gasteiger partial charge in [0.05, 0.1) is 23.3 Å². The molecule has 3 heterocycles. The van der Waals surface area contributed by atoms with E-state index in [1.165, 1.54) is 46.4 Å². The molecule has 5 rings (SSSR count). The van der Waals surface area contributed by atoms with E-state index in [4.69, 9.17) is 43.5 Å². The van der Waals surface area contributed by atoms with Crippen molar-refractivity contribution in [1.29, 1.82) is 0 Å². The molecule has 2 amide bonds. The molecule has 3 aromatic heterocycles. The van der Waals surface area contributed by atoms with Crippen LogP contribution in [0.15, 0.2) is 52.5 Å². The van der Waals surface area contributed by atoms with Gasteiger partial charge in [0.25, 0.3) is 11.8 Å². The predicted molar refractivity (Wildman–Crippen MR) is 188 cm³/mol. The van der Waals surface area contributed by atoms with Crippen LogP contribution in [0.3, 0.4) is 0 Å². The number of thiazole rings is 3. The first-order valence-corrected chi connectivity index (χ1v) is 17.3. The Morgan fingerprint density at radius 1 is 0.725 bits per heavy atom. The quantitative estimate of drug-likeness (QED) is 0.109. The third-order valence-corrected chi connectivity index (χ3v) is 8.29. The summed E-state index contributed by atoms with van der Waals surface area (Å²) in [6.07, 6.45) is 0. The van der Waals surface area contributed by atoms with Gasteiger partial charge in [-0.15, -0.1) is 34.0 Å². The van der Waals surface area contributed by atoms with Crippen LogP contribution in [-0.2, 0) is 9.47 Å². The molecule has 2 aromatic carbocycles. The summed E-state index contributed by atoms with van der Waals surface area (Å²) < 4.78 is 35.5. The van der Waals surface area contributed by atoms with E-state index in [-0.39, 0.29) is 55.1 Å². The SMILES string of the molecule is CCOC(=O)c1csc(N)n1.CCOC(=O)c1csc(NC(=O)c2ccc(F)c(Cl)c2)n1.O=C(Nc1nc(C(=O)O)cs1)c1ccc(F)c(Cl)c1. The Kier molecular flexibility index (Phi) is 15.3. The summed E-state index contributed by atoms with van der Waals surface area (Å²) in [6.45, 7) is 4.03. The second-order valence-electron chi connectivity index (χ2n) is 9.06. The first-order valence-electron chi connectivity index (χ1n) is 13.9. The number of aromatic nitrogens is 3. The first kappa shape index (κ1) is 40.4. The average molecular weight is 802 g/mol. The maximum Gasteiger partial charge on any atom is 0.357 e. The fourth-order valence-electron chi connectivity index (χ4n) is 3.26. The van der Waals surface area contributed by atoms with Crippen LogP contribution in [0.1, 0.15) is 66.0 Å². The Morgan fingerprint density at radius 2 is 1.14 bits per heavy atom. The van der Waals surface area contributed by atoms with Crippen LogP contribution in [0.2, 0.25) is 10.0 Å². The monoisotopic (exact) mass is 800 g/mol. The lowest BCUT2D eigenvalue weighted by Gasteiger charge is -2.02. The number of carbonyl (C=O) groups excluding carboxylic acids is 4. The molecule has 14 nitrogen and oxygen atoms in total. The molecule has 0 unspecified atom stereocenters. The van der Waals surface area contributed by atoms with E-state index in [2.05, 4.69) is 25.6 Å². The number of carboxylic acids is 1. The number of aromatic carboxylic acids is 1. The van der Waals surface area contributed by atoms with E-state index in [0.29, 0.717) is 11.7 Å². The number of rotatable bonds is 9. The van der Waals surface area contributed by atoms with Crippen molar-refractivity contribution >= 4 is 102 Å². The van der Waals surface area contributed by atoms with Crippen LogP contribution in [0.4, 0.5) is 24.2 Å². The molecule has 0 aliphatic carbocycles. The first-order chi connectivity index (χ1) is 24.2. The summed E-state index contributed by atoms with van der Waals surface area (Å²) in [5, 5.41) is 18.4. The van der Waals surface area contributed by atoms with E-state index in [0.717, 1.165) is 34.8 Å². The van der Waals surface area contributed by atoms with Gasteiger partial charge in [-0.3, -0.25) is 20.2 Å². The fraction of sp³-hybridized carbons (Fsp3) is 0.133. The van der Waals surface area contributed by atoms with Gasteiger partial charge in [0.15, 0.2) is 32.5 Å². The van der Waals surface area contributed by atoms with Crippen molar-refractivity contribution in [3.63, 3.8) is 0 Å². The molecule has 0 aliphatic heterocycles. The number of hydrogen-bond acceptors (Lipinski definition) is 14. The minimum Gasteiger partial charge on any atom is -0.476 e. The molecule has 0 atom stereocenters. The van der Waals surface area contributed by atoms with Gasteiger partial charge in [-0.1, -0.05) is 23.2 Å². The van der Waals surface area contributed by atoms with E-state index < -0.39 is 41.4 Å². The zero-order valence-corrected chi connectivity index (χ0v) is 30.0. The van der Waals surface area contributed by atoms with Gasteiger partial charge in [0.2, 0.25) is 0 Å². The number of nitrogens with one attached hydrogen (secondary N) is 2. The minimum absolute atomic E-state index is 0.120. The summed E-state index contributed by atoms with van der Waals surface area (Å²) >= 11 is 14.5. The van der Waals surface area contributed by atoms with Crippen molar-refractivity contribution in [2.75, 3.05) is 29.6 Å². The Bertz CT molecular complexity index is 2040. The standard InChI is InChI=1S/C13H10ClFN2O3S.C11H6ClFN2O3S.C6H8N2O2S/c1-2-20-12(19)10-6-21-13(16-10)17-11(18)7-3-4-9(15)8(14)5-7;12-6-3-5(1-2-7(6)13)9(16)15-11-14-8(4-19-11)10(17)18;1-2-10-5(9)4-3-11-6(7)8-4/h3-6H,2H2,1H3,(H,16,17,18);1-4H,(H,17,18)(H,14,15,16);3H,2H2,1H3,(H2,7,8). The highest BCUT2D eigenvalue weighted by molar-refractivity contribution is 7.14. The lowest BCUT2D eigenvalue weighted by Crippen LogP contribution is -2.12. The van der Waals surface area contributed by atoms with Crippen LogP contribution < -0.4 is 16.4 Å². The van der Waals surface area contributed by atoms with E-state index >= 15 is 0 Å². The van der Waals surface area contributed by atoms with Crippen LogP contribution in [0, 0.1) is 11.6 Å². The Hall–Kier alpha value is -5.08. The maximum absolute atomic E-state index is 13.0. The number of nitrogen functional groups attached to an aromatic ring is 1. The predicted octanol–water partition coefficient (Wildman–Crippen LogP) is 7.15. The van der Waals surface area contributed by atoms with E-state index in [1.807, 2.05) is 0 Å². The molecule has 0 fully saturated rings. The highest BCUT2D eigenvalue weighted by Gasteiger charge is 2.16. The molecule has 0 radical (unpaired) electrons. The number of anilines is 3. The van der Waals surface area contributed by atoms with Gasteiger partial charge in [-0.25, -0.2) is 38.1 Å². The molecule has 0 saturated heterocycles. The summed E-state index contributed by atoms with van der Waals surface area (Å²) in [5.41, 5.74) is 5.90. The van der Waals surface area contributed by atoms with Gasteiger partial charge in [-0.05, 0) is 50.2 Å². The molecule has 268 valence electrons. The van der Waals surface area contributed by atoms with Gasteiger partial charge >= 0.3 is 17.9 Å². The Labute approximate surface area is 309 Å². The number of ether oxygens (including phenoxy) is 2. The van der Waals surface area contributed by atoms with Crippen molar-refractivity contribution in [3.8, 4) is 0 Å². The number of esters is 2. The number of nitrogens with two attached hydrogens (primary N) is 1. The molecule has 0 aliphatic rings. The molecule has 5 aromatic rings. The fourth-order valence-corrected chi connectivity index (χ4v) is 5.51. The zero-order valence-electron chi connectivity index (χ0n) is 26.1. The lowest BCUT2D eigenvalue weighted by atomic mass is 10.2. The van der Waals surface area contributed by atoms with Crippen LogP contribution in [-0.4, -0.2) is 63.0 Å². The van der Waals surface area contributed by atoms with Crippen molar-refractivity contribution < 1.29 is 47.3 Å². The molecule has 21 heteroatoms. The minimum atomic E-state index is -1.18. The van der Waals surface area contributed by atoms with Crippen molar-refractivity contribution in [2.24, 2.45) is 0 Å². The molecule has 0 bridgehead atoms.